The highest BCUT2D eigenvalue weighted by Crippen LogP contribution is 2.42. The zero-order chi connectivity index (χ0) is 34.5. The summed E-state index contributed by atoms with van der Waals surface area (Å²) in [7, 11) is 0. The molecular formula is C34H38F6N4O3. The summed E-state index contributed by atoms with van der Waals surface area (Å²) < 4.78 is 79.3. The van der Waals surface area contributed by atoms with E-state index >= 15 is 0 Å². The lowest BCUT2D eigenvalue weighted by Gasteiger charge is -2.46. The van der Waals surface area contributed by atoms with Crippen molar-refractivity contribution in [2.45, 2.75) is 44.1 Å². The zero-order valence-electron chi connectivity index (χ0n) is 25.9. The summed E-state index contributed by atoms with van der Waals surface area (Å²) in [6, 6.07) is 28.0. The van der Waals surface area contributed by atoms with Gasteiger partial charge in [0.15, 0.2) is 0 Å². The van der Waals surface area contributed by atoms with Crippen molar-refractivity contribution in [2.75, 3.05) is 39.3 Å². The number of rotatable bonds is 16. The first-order valence-corrected chi connectivity index (χ1v) is 15.1. The Morgan fingerprint density at radius 1 is 0.574 bits per heavy atom. The second-order valence-corrected chi connectivity index (χ2v) is 10.9. The smallest absolute Gasteiger partial charge is 0.356 e. The third-order valence-electron chi connectivity index (χ3n) is 7.56. The molecule has 3 rings (SSSR count). The number of carbonyl (C=O) groups excluding carboxylic acids is 3. The third kappa shape index (κ3) is 10.3. The standard InChI is InChI=1S/C34H38F6N4O3/c1-26(45)41-20-11-22-43(31(47)34(38,39)40)23-13-25-44(24-12-21-42-30(46)33(35,36)37)32(27-14-5-2-6-15-27,28-16-7-3-8-17-28)29-18-9-4-10-19-29/h2-10,14-19H,11-13,20-25H2,1H3,(H,41,45)(H,42,46). The number of benzene rings is 3. The minimum atomic E-state index is -5.10. The van der Waals surface area contributed by atoms with E-state index in [1.165, 1.54) is 6.92 Å². The molecule has 0 aliphatic rings. The second kappa shape index (κ2) is 17.0. The lowest BCUT2D eigenvalue weighted by Crippen LogP contribution is -2.50. The zero-order valence-corrected chi connectivity index (χ0v) is 25.9. The summed E-state index contributed by atoms with van der Waals surface area (Å²) in [4.78, 5) is 37.8. The maximum atomic E-state index is 13.5. The fourth-order valence-corrected chi connectivity index (χ4v) is 5.59. The van der Waals surface area contributed by atoms with Crippen LogP contribution in [0.1, 0.15) is 42.9 Å². The van der Waals surface area contributed by atoms with Crippen molar-refractivity contribution in [3.63, 3.8) is 0 Å². The number of carbonyl (C=O) groups is 3. The van der Waals surface area contributed by atoms with E-state index in [0.717, 1.165) is 16.7 Å². The van der Waals surface area contributed by atoms with Gasteiger partial charge in [-0.1, -0.05) is 91.0 Å². The Morgan fingerprint density at radius 2 is 0.979 bits per heavy atom. The SMILES string of the molecule is CC(=O)NCCCN(CCCN(CCCNC(=O)C(F)(F)F)C(c1ccccc1)(c1ccccc1)c1ccccc1)C(=O)C(F)(F)F. The molecule has 3 amide bonds. The number of hydrogen-bond acceptors (Lipinski definition) is 4. The molecule has 0 saturated heterocycles. The molecule has 0 spiro atoms. The van der Waals surface area contributed by atoms with Crippen LogP contribution in [0.2, 0.25) is 0 Å². The maximum Gasteiger partial charge on any atom is 0.471 e. The normalized spacial score (nSPS) is 12.1. The van der Waals surface area contributed by atoms with E-state index in [1.807, 2.05) is 101 Å². The summed E-state index contributed by atoms with van der Waals surface area (Å²) in [6.07, 6.45) is -9.89. The minimum Gasteiger partial charge on any atom is -0.356 e. The van der Waals surface area contributed by atoms with Gasteiger partial charge in [-0.15, -0.1) is 0 Å². The van der Waals surface area contributed by atoms with Gasteiger partial charge in [0.2, 0.25) is 5.91 Å². The summed E-state index contributed by atoms with van der Waals surface area (Å²) in [5, 5.41) is 4.40. The van der Waals surface area contributed by atoms with Gasteiger partial charge in [-0.2, -0.15) is 26.3 Å². The molecule has 0 saturated carbocycles. The molecule has 13 heteroatoms. The summed E-state index contributed by atoms with van der Waals surface area (Å²) in [6.45, 7) is 0.806. The predicted octanol–water partition coefficient (Wildman–Crippen LogP) is 5.66. The molecule has 0 atom stereocenters. The van der Waals surface area contributed by atoms with Crippen LogP contribution in [0.3, 0.4) is 0 Å². The van der Waals surface area contributed by atoms with E-state index in [-0.39, 0.29) is 64.4 Å². The van der Waals surface area contributed by atoms with E-state index in [2.05, 4.69) is 5.32 Å². The molecule has 0 bridgehead atoms. The lowest BCUT2D eigenvalue weighted by molar-refractivity contribution is -0.185. The van der Waals surface area contributed by atoms with Crippen molar-refractivity contribution in [3.05, 3.63) is 108 Å². The third-order valence-corrected chi connectivity index (χ3v) is 7.56. The molecule has 0 unspecified atom stereocenters. The number of hydrogen-bond donors (Lipinski definition) is 2. The van der Waals surface area contributed by atoms with Gasteiger partial charge >= 0.3 is 24.2 Å². The van der Waals surface area contributed by atoms with Gasteiger partial charge in [-0.3, -0.25) is 19.3 Å². The molecule has 2 N–H and O–H groups in total. The number of halogens is 6. The molecular weight excluding hydrogens is 626 g/mol. The van der Waals surface area contributed by atoms with E-state index < -0.39 is 29.7 Å². The van der Waals surface area contributed by atoms with Crippen LogP contribution in [0.5, 0.6) is 0 Å². The Bertz CT molecular complexity index is 1320. The fourth-order valence-electron chi connectivity index (χ4n) is 5.59. The van der Waals surface area contributed by atoms with Crippen LogP contribution < -0.4 is 10.6 Å². The van der Waals surface area contributed by atoms with E-state index in [0.29, 0.717) is 4.90 Å². The fraction of sp³-hybridized carbons (Fsp3) is 0.382. The van der Waals surface area contributed by atoms with Crippen molar-refractivity contribution in [2.24, 2.45) is 0 Å². The number of nitrogens with one attached hydrogen (secondary N) is 2. The molecule has 0 heterocycles. The Hall–Kier alpha value is -4.39. The van der Waals surface area contributed by atoms with Gasteiger partial charge in [0, 0.05) is 46.2 Å². The maximum absolute atomic E-state index is 13.5. The summed E-state index contributed by atoms with van der Waals surface area (Å²) in [5.41, 5.74) is 1.35. The number of alkyl halides is 6. The Labute approximate surface area is 269 Å². The van der Waals surface area contributed by atoms with E-state index in [4.69, 9.17) is 0 Å². The number of amides is 3. The first kappa shape index (κ1) is 37.1. The molecule has 0 radical (unpaired) electrons. The van der Waals surface area contributed by atoms with Gasteiger partial charge < -0.3 is 15.5 Å². The van der Waals surface area contributed by atoms with Crippen LogP contribution in [0, 0.1) is 0 Å². The van der Waals surface area contributed by atoms with Crippen molar-refractivity contribution in [3.8, 4) is 0 Å². The minimum absolute atomic E-state index is 0.0745. The highest BCUT2D eigenvalue weighted by Gasteiger charge is 2.44. The van der Waals surface area contributed by atoms with Gasteiger partial charge in [0.05, 0.1) is 5.54 Å². The Kier molecular flexibility index (Phi) is 13.4. The molecule has 0 aromatic heterocycles. The molecule has 0 fully saturated rings. The first-order valence-electron chi connectivity index (χ1n) is 15.1. The monoisotopic (exact) mass is 664 g/mol. The topological polar surface area (TPSA) is 81.8 Å². The van der Waals surface area contributed by atoms with Gasteiger partial charge in [0.1, 0.15) is 0 Å². The lowest BCUT2D eigenvalue weighted by atomic mass is 9.75. The van der Waals surface area contributed by atoms with Crippen LogP contribution in [0.25, 0.3) is 0 Å². The quantitative estimate of drug-likeness (QED) is 0.118. The second-order valence-electron chi connectivity index (χ2n) is 10.9. The molecule has 0 aliphatic heterocycles. The van der Waals surface area contributed by atoms with E-state index in [1.54, 1.807) is 0 Å². The highest BCUT2D eigenvalue weighted by atomic mass is 19.4. The molecule has 3 aromatic carbocycles. The predicted molar refractivity (Wildman–Crippen MR) is 165 cm³/mol. The average molecular weight is 665 g/mol. The van der Waals surface area contributed by atoms with Crippen LogP contribution in [0.15, 0.2) is 91.0 Å². The van der Waals surface area contributed by atoms with Crippen molar-refractivity contribution < 1.29 is 40.7 Å². The largest absolute Gasteiger partial charge is 0.471 e. The van der Waals surface area contributed by atoms with Gasteiger partial charge in [0.25, 0.3) is 0 Å². The first-order chi connectivity index (χ1) is 22.3. The van der Waals surface area contributed by atoms with Gasteiger partial charge in [-0.25, -0.2) is 0 Å². The Balaban J connectivity index is 2.02. The molecule has 0 aliphatic carbocycles. The van der Waals surface area contributed by atoms with Crippen molar-refractivity contribution >= 4 is 17.7 Å². The van der Waals surface area contributed by atoms with Crippen LogP contribution in [-0.4, -0.2) is 79.1 Å². The highest BCUT2D eigenvalue weighted by molar-refractivity contribution is 5.82. The van der Waals surface area contributed by atoms with Crippen molar-refractivity contribution in [1.29, 1.82) is 0 Å². The van der Waals surface area contributed by atoms with Crippen LogP contribution in [-0.2, 0) is 19.9 Å². The molecule has 254 valence electrons. The van der Waals surface area contributed by atoms with Crippen LogP contribution in [0.4, 0.5) is 26.3 Å². The summed E-state index contributed by atoms with van der Waals surface area (Å²) >= 11 is 0. The van der Waals surface area contributed by atoms with Crippen LogP contribution >= 0.6 is 0 Å². The van der Waals surface area contributed by atoms with E-state index in [9.17, 15) is 40.7 Å². The molecule has 3 aromatic rings. The van der Waals surface area contributed by atoms with Gasteiger partial charge in [-0.05, 0) is 36.0 Å². The average Bonchev–Trinajstić information content (AvgIpc) is 3.04. The summed E-state index contributed by atoms with van der Waals surface area (Å²) in [5.74, 6) is -4.41. The molecule has 7 nitrogen and oxygen atoms in total. The number of nitrogens with zero attached hydrogens (tertiary/aromatic N) is 2. The van der Waals surface area contributed by atoms with Crippen molar-refractivity contribution in [1.82, 2.24) is 20.4 Å². The molecule has 47 heavy (non-hydrogen) atoms. The Morgan fingerprint density at radius 3 is 1.40 bits per heavy atom.